The highest BCUT2D eigenvalue weighted by atomic mass is 16.1. The van der Waals surface area contributed by atoms with E-state index < -0.39 is 0 Å². The monoisotopic (exact) mass is 246 g/mol. The molecule has 0 bridgehead atoms. The maximum atomic E-state index is 12.0. The van der Waals surface area contributed by atoms with Crippen LogP contribution in [-0.4, -0.2) is 18.5 Å². The van der Waals surface area contributed by atoms with Crippen molar-refractivity contribution in [3.05, 3.63) is 29.8 Å². The van der Waals surface area contributed by atoms with E-state index in [0.717, 1.165) is 17.8 Å². The topological polar surface area (TPSA) is 41.1 Å². The minimum Gasteiger partial charge on any atom is -0.326 e. The van der Waals surface area contributed by atoms with Gasteiger partial charge in [-0.05, 0) is 49.9 Å². The number of nitrogens with one attached hydrogen (secondary N) is 2. The zero-order valence-electron chi connectivity index (χ0n) is 11.2. The van der Waals surface area contributed by atoms with Gasteiger partial charge in [-0.1, -0.05) is 19.1 Å². The van der Waals surface area contributed by atoms with Gasteiger partial charge in [-0.2, -0.15) is 0 Å². The average Bonchev–Trinajstić information content (AvgIpc) is 2.32. The van der Waals surface area contributed by atoms with E-state index in [9.17, 15) is 4.79 Å². The molecule has 1 fully saturated rings. The Bertz CT molecular complexity index is 417. The fourth-order valence-electron chi connectivity index (χ4n) is 2.52. The number of amides is 1. The molecule has 0 aliphatic carbocycles. The molecule has 0 aromatic heterocycles. The van der Waals surface area contributed by atoms with Gasteiger partial charge in [0.1, 0.15) is 0 Å². The second-order valence-electron chi connectivity index (χ2n) is 5.30. The van der Waals surface area contributed by atoms with Crippen molar-refractivity contribution < 1.29 is 4.79 Å². The van der Waals surface area contributed by atoms with Crippen molar-refractivity contribution in [2.24, 2.45) is 5.92 Å². The minimum absolute atomic E-state index is 0.104. The molecule has 1 amide bonds. The molecule has 2 atom stereocenters. The summed E-state index contributed by atoms with van der Waals surface area (Å²) in [6.07, 6.45) is 3.00. The highest BCUT2D eigenvalue weighted by Crippen LogP contribution is 2.19. The molecule has 18 heavy (non-hydrogen) atoms. The highest BCUT2D eigenvalue weighted by Gasteiger charge is 2.23. The van der Waals surface area contributed by atoms with Crippen LogP contribution in [-0.2, 0) is 4.79 Å². The molecule has 1 aromatic rings. The van der Waals surface area contributed by atoms with Gasteiger partial charge < -0.3 is 10.6 Å². The molecular weight excluding hydrogens is 224 g/mol. The van der Waals surface area contributed by atoms with Gasteiger partial charge in [0.05, 0.1) is 0 Å². The SMILES string of the molecule is Cc1cccc(NC(=O)CC2NCCCC2C)c1. The third-order valence-electron chi connectivity index (χ3n) is 3.64. The zero-order chi connectivity index (χ0) is 13.0. The molecular formula is C15H22N2O. The van der Waals surface area contributed by atoms with Gasteiger partial charge in [-0.3, -0.25) is 4.79 Å². The summed E-state index contributed by atoms with van der Waals surface area (Å²) in [5.74, 6) is 0.689. The largest absolute Gasteiger partial charge is 0.326 e. The lowest BCUT2D eigenvalue weighted by Crippen LogP contribution is -2.42. The van der Waals surface area contributed by atoms with E-state index in [4.69, 9.17) is 0 Å². The Morgan fingerprint density at radius 3 is 3.06 bits per heavy atom. The molecule has 2 N–H and O–H groups in total. The van der Waals surface area contributed by atoms with Crippen molar-refractivity contribution in [1.29, 1.82) is 0 Å². The number of rotatable bonds is 3. The van der Waals surface area contributed by atoms with Crippen LogP contribution in [0.15, 0.2) is 24.3 Å². The third-order valence-corrected chi connectivity index (χ3v) is 3.64. The first kappa shape index (κ1) is 13.1. The molecule has 0 radical (unpaired) electrons. The summed E-state index contributed by atoms with van der Waals surface area (Å²) in [5.41, 5.74) is 2.06. The van der Waals surface area contributed by atoms with E-state index in [1.54, 1.807) is 0 Å². The standard InChI is InChI=1S/C15H22N2O/c1-11-5-3-7-13(9-11)17-15(18)10-14-12(2)6-4-8-16-14/h3,5,7,9,12,14,16H,4,6,8,10H2,1-2H3,(H,17,18). The van der Waals surface area contributed by atoms with Crippen LogP contribution in [0.25, 0.3) is 0 Å². The first-order valence-electron chi connectivity index (χ1n) is 6.75. The lowest BCUT2D eigenvalue weighted by atomic mass is 9.90. The van der Waals surface area contributed by atoms with E-state index >= 15 is 0 Å². The van der Waals surface area contributed by atoms with Crippen molar-refractivity contribution in [3.8, 4) is 0 Å². The lowest BCUT2D eigenvalue weighted by molar-refractivity contribution is -0.117. The van der Waals surface area contributed by atoms with Crippen LogP contribution in [0.1, 0.15) is 31.7 Å². The normalized spacial score (nSPS) is 23.7. The van der Waals surface area contributed by atoms with Crippen molar-refractivity contribution in [1.82, 2.24) is 5.32 Å². The number of piperidine rings is 1. The molecule has 1 aliphatic heterocycles. The number of hydrogen-bond donors (Lipinski definition) is 2. The summed E-state index contributed by atoms with van der Waals surface area (Å²) in [7, 11) is 0. The molecule has 1 heterocycles. The van der Waals surface area contributed by atoms with Crippen molar-refractivity contribution >= 4 is 11.6 Å². The first-order chi connectivity index (χ1) is 8.65. The van der Waals surface area contributed by atoms with Crippen molar-refractivity contribution in [2.75, 3.05) is 11.9 Å². The second-order valence-corrected chi connectivity index (χ2v) is 5.30. The van der Waals surface area contributed by atoms with Gasteiger partial charge in [-0.25, -0.2) is 0 Å². The summed E-state index contributed by atoms with van der Waals surface area (Å²) in [6.45, 7) is 5.28. The van der Waals surface area contributed by atoms with Crippen LogP contribution in [0.5, 0.6) is 0 Å². The van der Waals surface area contributed by atoms with Crippen molar-refractivity contribution in [3.63, 3.8) is 0 Å². The molecule has 1 aliphatic rings. The van der Waals surface area contributed by atoms with E-state index in [0.29, 0.717) is 18.4 Å². The van der Waals surface area contributed by atoms with Gasteiger partial charge >= 0.3 is 0 Å². The van der Waals surface area contributed by atoms with Gasteiger partial charge in [0.2, 0.25) is 5.91 Å². The molecule has 98 valence electrons. The molecule has 0 saturated carbocycles. The Morgan fingerprint density at radius 2 is 2.33 bits per heavy atom. The third kappa shape index (κ3) is 3.57. The summed E-state index contributed by atoms with van der Waals surface area (Å²) < 4.78 is 0. The van der Waals surface area contributed by atoms with Crippen LogP contribution in [0.2, 0.25) is 0 Å². The van der Waals surface area contributed by atoms with Gasteiger partial charge in [0.25, 0.3) is 0 Å². The predicted octanol–water partition coefficient (Wildman–Crippen LogP) is 2.71. The van der Waals surface area contributed by atoms with Crippen LogP contribution in [0.4, 0.5) is 5.69 Å². The van der Waals surface area contributed by atoms with Crippen LogP contribution in [0, 0.1) is 12.8 Å². The number of hydrogen-bond acceptors (Lipinski definition) is 2. The smallest absolute Gasteiger partial charge is 0.225 e. The summed E-state index contributed by atoms with van der Waals surface area (Å²) in [5, 5.41) is 6.41. The number of aryl methyl sites for hydroxylation is 1. The molecule has 2 unspecified atom stereocenters. The summed E-state index contributed by atoms with van der Waals surface area (Å²) >= 11 is 0. The molecule has 3 nitrogen and oxygen atoms in total. The summed E-state index contributed by atoms with van der Waals surface area (Å²) in [4.78, 5) is 12.0. The number of carbonyl (C=O) groups is 1. The number of benzene rings is 1. The Kier molecular flexibility index (Phi) is 4.37. The lowest BCUT2D eigenvalue weighted by Gasteiger charge is -2.29. The van der Waals surface area contributed by atoms with Gasteiger partial charge in [0, 0.05) is 18.2 Å². The van der Waals surface area contributed by atoms with E-state index in [1.807, 2.05) is 31.2 Å². The molecule has 1 aromatic carbocycles. The Labute approximate surface area is 109 Å². The maximum absolute atomic E-state index is 12.0. The fraction of sp³-hybridized carbons (Fsp3) is 0.533. The Hall–Kier alpha value is -1.35. The predicted molar refractivity (Wildman–Crippen MR) is 74.6 cm³/mol. The summed E-state index contributed by atoms with van der Waals surface area (Å²) in [6, 6.07) is 8.24. The molecule has 2 rings (SSSR count). The Balaban J connectivity index is 1.88. The highest BCUT2D eigenvalue weighted by molar-refractivity contribution is 5.91. The molecule has 1 saturated heterocycles. The van der Waals surface area contributed by atoms with E-state index in [1.165, 1.54) is 12.8 Å². The van der Waals surface area contributed by atoms with Gasteiger partial charge in [-0.15, -0.1) is 0 Å². The Morgan fingerprint density at radius 1 is 1.50 bits per heavy atom. The van der Waals surface area contributed by atoms with Crippen molar-refractivity contribution in [2.45, 2.75) is 39.2 Å². The first-order valence-corrected chi connectivity index (χ1v) is 6.75. The van der Waals surface area contributed by atoms with Crippen LogP contribution < -0.4 is 10.6 Å². The van der Waals surface area contributed by atoms with E-state index in [-0.39, 0.29) is 5.91 Å². The minimum atomic E-state index is 0.104. The molecule has 0 spiro atoms. The number of carbonyl (C=O) groups excluding carboxylic acids is 1. The van der Waals surface area contributed by atoms with Crippen LogP contribution >= 0.6 is 0 Å². The maximum Gasteiger partial charge on any atom is 0.225 e. The fourth-order valence-corrected chi connectivity index (χ4v) is 2.52. The molecule has 3 heteroatoms. The number of anilines is 1. The van der Waals surface area contributed by atoms with Gasteiger partial charge in [0.15, 0.2) is 0 Å². The second kappa shape index (κ2) is 6.01. The van der Waals surface area contributed by atoms with Crippen LogP contribution in [0.3, 0.4) is 0 Å². The average molecular weight is 246 g/mol. The zero-order valence-corrected chi connectivity index (χ0v) is 11.2. The van der Waals surface area contributed by atoms with E-state index in [2.05, 4.69) is 17.6 Å². The quantitative estimate of drug-likeness (QED) is 0.861.